The molecule has 34 heavy (non-hydrogen) atoms. The van der Waals surface area contributed by atoms with Gasteiger partial charge in [-0.25, -0.2) is 4.39 Å². The third-order valence-corrected chi connectivity index (χ3v) is 6.40. The maximum Gasteiger partial charge on any atom is 0.317 e. The first-order valence-electron chi connectivity index (χ1n) is 11.5. The van der Waals surface area contributed by atoms with E-state index in [0.29, 0.717) is 35.6 Å². The monoisotopic (exact) mass is 464 g/mol. The molecule has 2 heterocycles. The van der Waals surface area contributed by atoms with Crippen LogP contribution in [0.3, 0.4) is 0 Å². The van der Waals surface area contributed by atoms with Crippen molar-refractivity contribution in [2.45, 2.75) is 32.5 Å². The first kappa shape index (κ1) is 23.6. The van der Waals surface area contributed by atoms with Crippen molar-refractivity contribution in [3.05, 3.63) is 93.3 Å². The molecule has 1 aliphatic rings. The molecule has 1 amide bonds. The summed E-state index contributed by atoms with van der Waals surface area (Å²) in [5.41, 5.74) is 0.417. The van der Waals surface area contributed by atoms with Crippen LogP contribution in [0.2, 0.25) is 0 Å². The molecular formula is C26H29FN4O3. The molecule has 0 bridgehead atoms. The van der Waals surface area contributed by atoms with E-state index in [2.05, 4.69) is 16.8 Å². The third-order valence-electron chi connectivity index (χ3n) is 6.40. The van der Waals surface area contributed by atoms with Gasteiger partial charge in [-0.1, -0.05) is 36.4 Å². The number of likely N-dealkylation sites (tertiary alicyclic amines) is 1. The lowest BCUT2D eigenvalue weighted by Crippen LogP contribution is -2.44. The SMILES string of the molecule is C=CCn1c(=O)c(=O)n(CC(=O)NCC2CCN(Cc3ccccc3F)CC2)c2ccccc21. The molecule has 0 saturated carbocycles. The Morgan fingerprint density at radius 1 is 1.00 bits per heavy atom. The second kappa shape index (κ2) is 10.6. The lowest BCUT2D eigenvalue weighted by Gasteiger charge is -2.32. The highest BCUT2D eigenvalue weighted by Crippen LogP contribution is 2.19. The zero-order chi connectivity index (χ0) is 24.1. The number of carbonyl (C=O) groups is 1. The first-order valence-corrected chi connectivity index (χ1v) is 11.5. The zero-order valence-corrected chi connectivity index (χ0v) is 19.1. The molecule has 7 nitrogen and oxygen atoms in total. The molecule has 8 heteroatoms. The number of piperidine rings is 1. The Kier molecular flexibility index (Phi) is 7.37. The van der Waals surface area contributed by atoms with Gasteiger partial charge in [0.2, 0.25) is 5.91 Å². The summed E-state index contributed by atoms with van der Waals surface area (Å²) in [5, 5.41) is 2.92. The van der Waals surface area contributed by atoms with Gasteiger partial charge in [-0.15, -0.1) is 6.58 Å². The lowest BCUT2D eigenvalue weighted by atomic mass is 9.96. The van der Waals surface area contributed by atoms with Gasteiger partial charge in [-0.3, -0.25) is 28.4 Å². The van der Waals surface area contributed by atoms with Gasteiger partial charge in [0.1, 0.15) is 12.4 Å². The highest BCUT2D eigenvalue weighted by molar-refractivity contribution is 5.80. The van der Waals surface area contributed by atoms with Crippen LogP contribution in [0.4, 0.5) is 4.39 Å². The highest BCUT2D eigenvalue weighted by atomic mass is 19.1. The van der Waals surface area contributed by atoms with Gasteiger partial charge in [-0.05, 0) is 50.0 Å². The van der Waals surface area contributed by atoms with Gasteiger partial charge in [0.05, 0.1) is 11.0 Å². The second-order valence-electron chi connectivity index (χ2n) is 8.70. The number of hydrogen-bond donors (Lipinski definition) is 1. The predicted molar refractivity (Wildman–Crippen MR) is 130 cm³/mol. The number of aromatic nitrogens is 2. The van der Waals surface area contributed by atoms with Crippen molar-refractivity contribution in [2.75, 3.05) is 19.6 Å². The number of rotatable bonds is 8. The summed E-state index contributed by atoms with van der Waals surface area (Å²) in [6.07, 6.45) is 3.36. The largest absolute Gasteiger partial charge is 0.354 e. The summed E-state index contributed by atoms with van der Waals surface area (Å²) in [5.74, 6) is -0.173. The summed E-state index contributed by atoms with van der Waals surface area (Å²) >= 11 is 0. The number of benzene rings is 2. The van der Waals surface area contributed by atoms with Crippen LogP contribution in [0.25, 0.3) is 11.0 Å². The topological polar surface area (TPSA) is 76.3 Å². The molecule has 1 N–H and O–H groups in total. The van der Waals surface area contributed by atoms with Crippen molar-refractivity contribution in [1.29, 1.82) is 0 Å². The normalized spacial score (nSPS) is 14.9. The van der Waals surface area contributed by atoms with Crippen molar-refractivity contribution < 1.29 is 9.18 Å². The smallest absolute Gasteiger partial charge is 0.317 e. The average Bonchev–Trinajstić information content (AvgIpc) is 2.85. The molecule has 2 aromatic carbocycles. The van der Waals surface area contributed by atoms with Gasteiger partial charge in [0, 0.05) is 25.2 Å². The highest BCUT2D eigenvalue weighted by Gasteiger charge is 2.21. The summed E-state index contributed by atoms with van der Waals surface area (Å²) in [6.45, 7) is 6.41. The quantitative estimate of drug-likeness (QED) is 0.411. The van der Waals surface area contributed by atoms with Gasteiger partial charge < -0.3 is 5.32 Å². The first-order chi connectivity index (χ1) is 16.5. The molecule has 1 saturated heterocycles. The van der Waals surface area contributed by atoms with E-state index in [1.165, 1.54) is 15.2 Å². The standard InChI is InChI=1S/C26H29FN4O3/c1-2-13-30-22-9-5-6-10-23(22)31(26(34)25(30)33)18-24(32)28-16-19-11-14-29(15-12-19)17-20-7-3-4-8-21(20)27/h2-10,19H,1,11-18H2,(H,28,32). The Labute approximate surface area is 197 Å². The minimum Gasteiger partial charge on any atom is -0.354 e. The maximum absolute atomic E-state index is 13.9. The molecule has 0 spiro atoms. The minimum atomic E-state index is -0.725. The van der Waals surface area contributed by atoms with Crippen LogP contribution in [0.15, 0.2) is 70.8 Å². The van der Waals surface area contributed by atoms with Gasteiger partial charge in [0.15, 0.2) is 0 Å². The van der Waals surface area contributed by atoms with E-state index in [4.69, 9.17) is 0 Å². The number of hydrogen-bond acceptors (Lipinski definition) is 4. The lowest BCUT2D eigenvalue weighted by molar-refractivity contribution is -0.121. The number of nitrogens with zero attached hydrogens (tertiary/aromatic N) is 3. The van der Waals surface area contributed by atoms with Gasteiger partial charge in [0.25, 0.3) is 0 Å². The van der Waals surface area contributed by atoms with E-state index in [0.717, 1.165) is 25.9 Å². The summed E-state index contributed by atoms with van der Waals surface area (Å²) in [4.78, 5) is 40.2. The fourth-order valence-corrected chi connectivity index (χ4v) is 4.51. The molecule has 1 fully saturated rings. The van der Waals surface area contributed by atoms with E-state index in [9.17, 15) is 18.8 Å². The van der Waals surface area contributed by atoms with Crippen molar-refractivity contribution in [1.82, 2.24) is 19.4 Å². The number of allylic oxidation sites excluding steroid dienone is 1. The van der Waals surface area contributed by atoms with Crippen LogP contribution >= 0.6 is 0 Å². The maximum atomic E-state index is 13.9. The van der Waals surface area contributed by atoms with E-state index in [-0.39, 0.29) is 24.8 Å². The van der Waals surface area contributed by atoms with Crippen LogP contribution in [-0.2, 0) is 24.4 Å². The van der Waals surface area contributed by atoms with Crippen LogP contribution in [0.5, 0.6) is 0 Å². The van der Waals surface area contributed by atoms with Gasteiger partial charge in [-0.2, -0.15) is 0 Å². The molecule has 0 radical (unpaired) electrons. The summed E-state index contributed by atoms with van der Waals surface area (Å²) in [6, 6.07) is 13.9. The molecule has 0 unspecified atom stereocenters. The Morgan fingerprint density at radius 3 is 2.29 bits per heavy atom. The Bertz CT molecular complexity index is 1310. The minimum absolute atomic E-state index is 0.184. The Hall–Kier alpha value is -3.52. The van der Waals surface area contributed by atoms with Crippen LogP contribution in [0.1, 0.15) is 18.4 Å². The third kappa shape index (κ3) is 5.17. The molecule has 0 atom stereocenters. The number of nitrogens with one attached hydrogen (secondary N) is 1. The van der Waals surface area contributed by atoms with E-state index < -0.39 is 11.1 Å². The Balaban J connectivity index is 1.35. The number of amides is 1. The molecule has 178 valence electrons. The van der Waals surface area contributed by atoms with Crippen molar-refractivity contribution in [3.8, 4) is 0 Å². The number of fused-ring (bicyclic) bond motifs is 1. The second-order valence-corrected chi connectivity index (χ2v) is 8.70. The van der Waals surface area contributed by atoms with Crippen molar-refractivity contribution >= 4 is 16.9 Å². The predicted octanol–water partition coefficient (Wildman–Crippen LogP) is 2.52. The van der Waals surface area contributed by atoms with Crippen LogP contribution in [-0.4, -0.2) is 39.6 Å². The average molecular weight is 465 g/mol. The molecule has 4 rings (SSSR count). The number of para-hydroxylation sites is 2. The number of carbonyl (C=O) groups excluding carboxylic acids is 1. The van der Waals surface area contributed by atoms with Crippen LogP contribution in [0, 0.1) is 11.7 Å². The van der Waals surface area contributed by atoms with Crippen molar-refractivity contribution in [2.24, 2.45) is 5.92 Å². The molecule has 0 aliphatic carbocycles. The molecular weight excluding hydrogens is 435 g/mol. The molecule has 3 aromatic rings. The fraction of sp³-hybridized carbons (Fsp3) is 0.346. The Morgan fingerprint density at radius 2 is 1.62 bits per heavy atom. The van der Waals surface area contributed by atoms with E-state index >= 15 is 0 Å². The summed E-state index contributed by atoms with van der Waals surface area (Å²) < 4.78 is 16.5. The van der Waals surface area contributed by atoms with Crippen LogP contribution < -0.4 is 16.4 Å². The van der Waals surface area contributed by atoms with E-state index in [1.807, 2.05) is 12.1 Å². The molecule has 1 aliphatic heterocycles. The summed E-state index contributed by atoms with van der Waals surface area (Å²) in [7, 11) is 0. The number of halogens is 1. The fourth-order valence-electron chi connectivity index (χ4n) is 4.51. The van der Waals surface area contributed by atoms with Gasteiger partial charge >= 0.3 is 11.1 Å². The van der Waals surface area contributed by atoms with Crippen molar-refractivity contribution in [3.63, 3.8) is 0 Å². The van der Waals surface area contributed by atoms with E-state index in [1.54, 1.807) is 36.4 Å². The molecule has 1 aromatic heterocycles. The zero-order valence-electron chi connectivity index (χ0n) is 19.1.